The summed E-state index contributed by atoms with van der Waals surface area (Å²) >= 11 is 0. The molecule has 0 radical (unpaired) electrons. The Kier molecular flexibility index (Phi) is 4.10. The first-order valence-electron chi connectivity index (χ1n) is 10.4. The highest BCUT2D eigenvalue weighted by Gasteiger charge is 2.41. The SMILES string of the molecule is COc1cccc(CN2[C@H]3CC[C@@H]2c2cnc4cc(C(C)(C)C)nn4c2C3)c1O. The van der Waals surface area contributed by atoms with Gasteiger partial charge in [0.25, 0.3) is 0 Å². The maximum absolute atomic E-state index is 10.5. The van der Waals surface area contributed by atoms with Gasteiger partial charge in [-0.1, -0.05) is 32.9 Å². The van der Waals surface area contributed by atoms with Gasteiger partial charge in [-0.3, -0.25) is 4.90 Å². The summed E-state index contributed by atoms with van der Waals surface area (Å²) in [5.41, 5.74) is 5.50. The van der Waals surface area contributed by atoms with Crippen LogP contribution in [-0.2, 0) is 18.4 Å². The number of phenolic OH excluding ortho intramolecular Hbond substituents is 1. The lowest BCUT2D eigenvalue weighted by molar-refractivity contribution is 0.163. The highest BCUT2D eigenvalue weighted by molar-refractivity contribution is 5.47. The lowest BCUT2D eigenvalue weighted by atomic mass is 9.93. The van der Waals surface area contributed by atoms with Crippen molar-refractivity contribution in [3.8, 4) is 11.5 Å². The Hall–Kier alpha value is -2.60. The molecule has 0 aliphatic carbocycles. The van der Waals surface area contributed by atoms with E-state index in [-0.39, 0.29) is 11.2 Å². The summed E-state index contributed by atoms with van der Waals surface area (Å²) in [5.74, 6) is 0.776. The standard InChI is InChI=1S/C23H28N4O2/c1-23(2,3)20-11-21-24-12-16-17-9-8-15(10-18(16)27(21)25-20)26(17)13-14-6-5-7-19(29-4)22(14)28/h5-7,11-12,15,17,28H,8-10,13H2,1-4H3/t15-,17+/m0/s1. The number of nitrogens with zero attached hydrogens (tertiary/aromatic N) is 4. The third-order valence-electron chi connectivity index (χ3n) is 6.47. The van der Waals surface area contributed by atoms with Gasteiger partial charge in [-0.2, -0.15) is 5.10 Å². The van der Waals surface area contributed by atoms with Gasteiger partial charge in [0.15, 0.2) is 17.1 Å². The van der Waals surface area contributed by atoms with Gasteiger partial charge < -0.3 is 9.84 Å². The van der Waals surface area contributed by atoms with E-state index in [1.807, 2.05) is 18.3 Å². The van der Waals surface area contributed by atoms with Crippen molar-refractivity contribution >= 4 is 5.65 Å². The number of aromatic nitrogens is 3. The fraction of sp³-hybridized carbons (Fsp3) is 0.478. The van der Waals surface area contributed by atoms with Gasteiger partial charge in [-0.25, -0.2) is 9.50 Å². The van der Waals surface area contributed by atoms with Gasteiger partial charge in [-0.15, -0.1) is 0 Å². The lowest BCUT2D eigenvalue weighted by Crippen LogP contribution is -2.38. The van der Waals surface area contributed by atoms with E-state index in [0.717, 1.165) is 36.2 Å². The average molecular weight is 393 g/mol. The fourth-order valence-electron chi connectivity index (χ4n) is 4.85. The van der Waals surface area contributed by atoms with Crippen molar-refractivity contribution in [2.24, 2.45) is 0 Å². The maximum atomic E-state index is 10.5. The molecule has 0 amide bonds. The smallest absolute Gasteiger partial charge is 0.162 e. The monoisotopic (exact) mass is 392 g/mol. The number of methoxy groups -OCH3 is 1. The summed E-state index contributed by atoms with van der Waals surface area (Å²) in [6.07, 6.45) is 5.27. The summed E-state index contributed by atoms with van der Waals surface area (Å²) in [7, 11) is 1.59. The molecule has 2 aliphatic heterocycles. The van der Waals surface area contributed by atoms with Gasteiger partial charge in [0.2, 0.25) is 0 Å². The molecule has 2 bridgehead atoms. The van der Waals surface area contributed by atoms with Crippen LogP contribution in [-0.4, -0.2) is 37.8 Å². The number of rotatable bonds is 3. The number of aromatic hydroxyl groups is 1. The number of para-hydroxylation sites is 1. The molecule has 4 heterocycles. The van der Waals surface area contributed by atoms with Crippen molar-refractivity contribution in [1.82, 2.24) is 19.5 Å². The highest BCUT2D eigenvalue weighted by Crippen LogP contribution is 2.45. The molecule has 152 valence electrons. The van der Waals surface area contributed by atoms with Crippen LogP contribution in [0.1, 0.15) is 62.2 Å². The molecule has 2 aliphatic rings. The highest BCUT2D eigenvalue weighted by atomic mass is 16.5. The second-order valence-corrected chi connectivity index (χ2v) is 9.30. The van der Waals surface area contributed by atoms with Crippen molar-refractivity contribution in [2.75, 3.05) is 7.11 Å². The molecule has 0 saturated carbocycles. The molecular formula is C23H28N4O2. The average Bonchev–Trinajstić information content (AvgIpc) is 3.24. The first kappa shape index (κ1) is 18.4. The number of phenols is 1. The Labute approximate surface area is 171 Å². The Morgan fingerprint density at radius 3 is 2.83 bits per heavy atom. The van der Waals surface area contributed by atoms with Crippen LogP contribution in [0.3, 0.4) is 0 Å². The van der Waals surface area contributed by atoms with Crippen LogP contribution in [0.25, 0.3) is 5.65 Å². The molecule has 2 aromatic heterocycles. The summed E-state index contributed by atoms with van der Waals surface area (Å²) in [5, 5.41) is 15.5. The Morgan fingerprint density at radius 1 is 1.24 bits per heavy atom. The van der Waals surface area contributed by atoms with E-state index in [1.165, 1.54) is 11.3 Å². The topological polar surface area (TPSA) is 62.9 Å². The largest absolute Gasteiger partial charge is 0.504 e. The predicted molar refractivity (Wildman–Crippen MR) is 111 cm³/mol. The summed E-state index contributed by atoms with van der Waals surface area (Å²) < 4.78 is 7.36. The van der Waals surface area contributed by atoms with Gasteiger partial charge in [-0.05, 0) is 18.9 Å². The Morgan fingerprint density at radius 2 is 2.07 bits per heavy atom. The zero-order valence-electron chi connectivity index (χ0n) is 17.5. The van der Waals surface area contributed by atoms with Crippen molar-refractivity contribution in [1.29, 1.82) is 0 Å². The molecule has 0 unspecified atom stereocenters. The molecule has 3 aromatic rings. The minimum absolute atomic E-state index is 0.00413. The van der Waals surface area contributed by atoms with Crippen LogP contribution in [0.5, 0.6) is 11.5 Å². The van der Waals surface area contributed by atoms with Crippen LogP contribution >= 0.6 is 0 Å². The summed E-state index contributed by atoms with van der Waals surface area (Å²) in [6, 6.07) is 8.60. The minimum atomic E-state index is 0.00413. The van der Waals surface area contributed by atoms with Gasteiger partial charge in [0, 0.05) is 53.9 Å². The van der Waals surface area contributed by atoms with E-state index < -0.39 is 0 Å². The summed E-state index contributed by atoms with van der Waals surface area (Å²) in [6.45, 7) is 7.27. The Balaban J connectivity index is 1.52. The minimum Gasteiger partial charge on any atom is -0.504 e. The van der Waals surface area contributed by atoms with Gasteiger partial charge in [0.05, 0.1) is 18.5 Å². The molecule has 1 N–H and O–H groups in total. The molecule has 6 heteroatoms. The van der Waals surface area contributed by atoms with Gasteiger partial charge >= 0.3 is 0 Å². The molecule has 29 heavy (non-hydrogen) atoms. The quantitative estimate of drug-likeness (QED) is 0.730. The maximum Gasteiger partial charge on any atom is 0.162 e. The number of hydrogen-bond donors (Lipinski definition) is 1. The van der Waals surface area contributed by atoms with Crippen LogP contribution in [0.2, 0.25) is 0 Å². The molecule has 6 nitrogen and oxygen atoms in total. The first-order chi connectivity index (χ1) is 13.9. The zero-order chi connectivity index (χ0) is 20.3. The van der Waals surface area contributed by atoms with Crippen LogP contribution < -0.4 is 4.74 Å². The number of hydrogen-bond acceptors (Lipinski definition) is 5. The third-order valence-corrected chi connectivity index (χ3v) is 6.47. The summed E-state index contributed by atoms with van der Waals surface area (Å²) in [4.78, 5) is 7.25. The van der Waals surface area contributed by atoms with E-state index in [4.69, 9.17) is 14.8 Å². The first-order valence-corrected chi connectivity index (χ1v) is 10.4. The number of fused-ring (bicyclic) bond motifs is 6. The van der Waals surface area contributed by atoms with E-state index in [9.17, 15) is 5.11 Å². The molecular weight excluding hydrogens is 364 g/mol. The fourth-order valence-corrected chi connectivity index (χ4v) is 4.85. The van der Waals surface area contributed by atoms with E-state index in [1.54, 1.807) is 13.2 Å². The number of ether oxygens (including phenoxy) is 1. The molecule has 5 rings (SSSR count). The second kappa shape index (κ2) is 6.46. The lowest BCUT2D eigenvalue weighted by Gasteiger charge is -2.36. The van der Waals surface area contributed by atoms with Crippen LogP contribution in [0.4, 0.5) is 0 Å². The molecule has 1 fully saturated rings. The molecule has 1 saturated heterocycles. The molecule has 0 spiro atoms. The van der Waals surface area contributed by atoms with E-state index in [0.29, 0.717) is 24.4 Å². The van der Waals surface area contributed by atoms with Crippen molar-refractivity contribution in [3.05, 3.63) is 53.0 Å². The predicted octanol–water partition coefficient (Wildman–Crippen LogP) is 4.00. The van der Waals surface area contributed by atoms with E-state index in [2.05, 4.69) is 36.3 Å². The van der Waals surface area contributed by atoms with Crippen molar-refractivity contribution in [3.63, 3.8) is 0 Å². The van der Waals surface area contributed by atoms with Crippen molar-refractivity contribution in [2.45, 2.75) is 64.1 Å². The van der Waals surface area contributed by atoms with Crippen LogP contribution in [0, 0.1) is 0 Å². The Bertz CT molecular complexity index is 1080. The third kappa shape index (κ3) is 2.89. The normalized spacial score (nSPS) is 21.5. The van der Waals surface area contributed by atoms with Crippen LogP contribution in [0.15, 0.2) is 30.5 Å². The molecule has 1 aromatic carbocycles. The van der Waals surface area contributed by atoms with Gasteiger partial charge in [0.1, 0.15) is 0 Å². The zero-order valence-corrected chi connectivity index (χ0v) is 17.5. The number of benzene rings is 1. The van der Waals surface area contributed by atoms with E-state index >= 15 is 0 Å². The van der Waals surface area contributed by atoms with Crippen molar-refractivity contribution < 1.29 is 9.84 Å². The molecule has 2 atom stereocenters. The second-order valence-electron chi connectivity index (χ2n) is 9.30.